The van der Waals surface area contributed by atoms with Crippen molar-refractivity contribution in [2.24, 2.45) is 0 Å². The number of hydrogen-bond donors (Lipinski definition) is 1. The van der Waals surface area contributed by atoms with Crippen LogP contribution in [-0.2, 0) is 0 Å². The fourth-order valence-corrected chi connectivity index (χ4v) is 0.300. The maximum absolute atomic E-state index is 8.39. The lowest BCUT2D eigenvalue weighted by molar-refractivity contribution is -0.870. The number of unbranched alkanes of at least 4 members (excludes halogenated alkanes) is 1. The first kappa shape index (κ1) is 13.5. The predicted molar refractivity (Wildman–Crippen MR) is 50.6 cm³/mol. The Labute approximate surface area is 71.4 Å². The molecule has 0 spiro atoms. The Morgan fingerprint density at radius 1 is 1.00 bits per heavy atom. The molecule has 0 aromatic rings. The summed E-state index contributed by atoms with van der Waals surface area (Å²) in [4.78, 5) is 0. The van der Waals surface area contributed by atoms with Crippen LogP contribution in [-0.4, -0.2) is 43.9 Å². The Kier molecular flexibility index (Phi) is 9.85. The van der Waals surface area contributed by atoms with Crippen LogP contribution in [0.5, 0.6) is 0 Å². The summed E-state index contributed by atoms with van der Waals surface area (Å²) < 4.78 is 0.844. The summed E-state index contributed by atoms with van der Waals surface area (Å²) >= 11 is 0. The maximum Gasteiger partial charge on any atom is 0.101 e. The number of likely N-dealkylation sites (N-methyl/N-ethyl adjacent to an activating group) is 1. The summed E-state index contributed by atoms with van der Waals surface area (Å²) in [5, 5.41) is 8.39. The van der Waals surface area contributed by atoms with E-state index < -0.39 is 0 Å². The standard InChI is InChI=1S/C5H14NO.C4H10/c1-6(2,3)4-5-7;1-3-4-2/h7H,4-5H2,1-3H3;3-4H2,1-2H3/q+1;. The fourth-order valence-electron chi connectivity index (χ4n) is 0.300. The van der Waals surface area contributed by atoms with E-state index in [1.165, 1.54) is 12.8 Å². The van der Waals surface area contributed by atoms with Gasteiger partial charge in [-0.3, -0.25) is 0 Å². The van der Waals surface area contributed by atoms with E-state index in [4.69, 9.17) is 5.11 Å². The molecule has 0 heterocycles. The third-order valence-corrected chi connectivity index (χ3v) is 1.27. The van der Waals surface area contributed by atoms with Gasteiger partial charge in [0.05, 0.1) is 27.7 Å². The van der Waals surface area contributed by atoms with Gasteiger partial charge in [0, 0.05) is 0 Å². The summed E-state index contributed by atoms with van der Waals surface area (Å²) in [6, 6.07) is 0. The molecule has 0 aromatic carbocycles. The molecule has 0 atom stereocenters. The van der Waals surface area contributed by atoms with E-state index >= 15 is 0 Å². The van der Waals surface area contributed by atoms with Crippen molar-refractivity contribution < 1.29 is 9.59 Å². The summed E-state index contributed by atoms with van der Waals surface area (Å²) in [6.07, 6.45) is 2.64. The average molecular weight is 162 g/mol. The monoisotopic (exact) mass is 162 g/mol. The van der Waals surface area contributed by atoms with E-state index in [-0.39, 0.29) is 6.61 Å². The maximum atomic E-state index is 8.39. The molecule has 0 radical (unpaired) electrons. The average Bonchev–Trinajstić information content (AvgIpc) is 1.86. The highest BCUT2D eigenvalue weighted by molar-refractivity contribution is 4.19. The second kappa shape index (κ2) is 8.02. The number of hydrogen-bond acceptors (Lipinski definition) is 1. The van der Waals surface area contributed by atoms with Gasteiger partial charge < -0.3 is 9.59 Å². The molecule has 0 saturated heterocycles. The van der Waals surface area contributed by atoms with Crippen LogP contribution < -0.4 is 0 Å². The van der Waals surface area contributed by atoms with Gasteiger partial charge in [-0.2, -0.15) is 0 Å². The third-order valence-electron chi connectivity index (χ3n) is 1.27. The lowest BCUT2D eigenvalue weighted by Gasteiger charge is -2.21. The van der Waals surface area contributed by atoms with Crippen LogP contribution in [0, 0.1) is 0 Å². The van der Waals surface area contributed by atoms with Gasteiger partial charge in [0.25, 0.3) is 0 Å². The molecule has 0 aliphatic rings. The molecule has 2 heteroatoms. The molecule has 11 heavy (non-hydrogen) atoms. The predicted octanol–water partition coefficient (Wildman–Crippen LogP) is 1.49. The normalized spacial score (nSPS) is 10.4. The molecule has 0 aliphatic heterocycles. The quantitative estimate of drug-likeness (QED) is 0.623. The van der Waals surface area contributed by atoms with Gasteiger partial charge >= 0.3 is 0 Å². The lowest BCUT2D eigenvalue weighted by atomic mass is 10.4. The van der Waals surface area contributed by atoms with Gasteiger partial charge in [0.15, 0.2) is 0 Å². The number of aliphatic hydroxyl groups is 1. The molecule has 0 bridgehead atoms. The van der Waals surface area contributed by atoms with Crippen molar-refractivity contribution in [2.45, 2.75) is 26.7 Å². The number of aliphatic hydroxyl groups excluding tert-OH is 1. The molecule has 0 aliphatic carbocycles. The molecule has 0 amide bonds. The van der Waals surface area contributed by atoms with Gasteiger partial charge in [-0.15, -0.1) is 0 Å². The highest BCUT2D eigenvalue weighted by Crippen LogP contribution is 1.84. The minimum Gasteiger partial charge on any atom is -0.391 e. The van der Waals surface area contributed by atoms with Crippen molar-refractivity contribution in [1.29, 1.82) is 0 Å². The van der Waals surface area contributed by atoms with Crippen LogP contribution in [0.4, 0.5) is 0 Å². The fraction of sp³-hybridized carbons (Fsp3) is 1.00. The number of quaternary nitrogens is 1. The van der Waals surface area contributed by atoms with Gasteiger partial charge in [-0.25, -0.2) is 0 Å². The van der Waals surface area contributed by atoms with Crippen LogP contribution in [0.25, 0.3) is 0 Å². The van der Waals surface area contributed by atoms with Gasteiger partial charge in [-0.05, 0) is 0 Å². The zero-order chi connectivity index (χ0) is 9.33. The van der Waals surface area contributed by atoms with Crippen LogP contribution in [0.3, 0.4) is 0 Å². The molecule has 0 aromatic heterocycles. The van der Waals surface area contributed by atoms with E-state index in [0.717, 1.165) is 11.0 Å². The molecule has 70 valence electrons. The van der Waals surface area contributed by atoms with Crippen molar-refractivity contribution in [3.63, 3.8) is 0 Å². The highest BCUT2D eigenvalue weighted by Gasteiger charge is 2.02. The van der Waals surface area contributed by atoms with Gasteiger partial charge in [0.2, 0.25) is 0 Å². The Bertz CT molecular complexity index is 64.5. The van der Waals surface area contributed by atoms with Crippen molar-refractivity contribution in [2.75, 3.05) is 34.3 Å². The molecule has 0 saturated carbocycles. The Hall–Kier alpha value is -0.0800. The highest BCUT2D eigenvalue weighted by atomic mass is 16.3. The Morgan fingerprint density at radius 2 is 1.36 bits per heavy atom. The van der Waals surface area contributed by atoms with Crippen molar-refractivity contribution in [3.8, 4) is 0 Å². The van der Waals surface area contributed by atoms with E-state index in [0.29, 0.717) is 0 Å². The van der Waals surface area contributed by atoms with Crippen molar-refractivity contribution >= 4 is 0 Å². The minimum absolute atomic E-state index is 0.281. The van der Waals surface area contributed by atoms with Crippen molar-refractivity contribution in [1.82, 2.24) is 0 Å². The molecule has 1 N–H and O–H groups in total. The molecule has 0 unspecified atom stereocenters. The summed E-state index contributed by atoms with van der Waals surface area (Å²) in [5.74, 6) is 0. The molecule has 2 nitrogen and oxygen atoms in total. The SMILES string of the molecule is CCCC.C[N+](C)(C)CCO. The zero-order valence-electron chi connectivity index (χ0n) is 8.72. The Morgan fingerprint density at radius 3 is 1.36 bits per heavy atom. The smallest absolute Gasteiger partial charge is 0.101 e. The second-order valence-electron chi connectivity index (χ2n) is 3.74. The van der Waals surface area contributed by atoms with Crippen LogP contribution in [0.2, 0.25) is 0 Å². The van der Waals surface area contributed by atoms with Crippen LogP contribution in [0.1, 0.15) is 26.7 Å². The summed E-state index contributed by atoms with van der Waals surface area (Å²) in [6.45, 7) is 5.48. The number of nitrogens with zero attached hydrogens (tertiary/aromatic N) is 1. The van der Waals surface area contributed by atoms with E-state index in [2.05, 4.69) is 35.0 Å². The largest absolute Gasteiger partial charge is 0.391 e. The molecular formula is C9H24NO+. The van der Waals surface area contributed by atoms with Crippen LogP contribution in [0.15, 0.2) is 0 Å². The topological polar surface area (TPSA) is 20.2 Å². The van der Waals surface area contributed by atoms with E-state index in [1.807, 2.05) is 0 Å². The van der Waals surface area contributed by atoms with E-state index in [1.54, 1.807) is 0 Å². The zero-order valence-corrected chi connectivity index (χ0v) is 8.72. The first-order valence-corrected chi connectivity index (χ1v) is 4.39. The number of rotatable bonds is 3. The first-order chi connectivity index (χ1) is 4.97. The van der Waals surface area contributed by atoms with Gasteiger partial charge in [0.1, 0.15) is 6.54 Å². The van der Waals surface area contributed by atoms with Crippen molar-refractivity contribution in [3.05, 3.63) is 0 Å². The van der Waals surface area contributed by atoms with Crippen LogP contribution >= 0.6 is 0 Å². The molecular weight excluding hydrogens is 138 g/mol. The molecule has 0 rings (SSSR count). The third kappa shape index (κ3) is 25.7. The summed E-state index contributed by atoms with van der Waals surface area (Å²) in [7, 11) is 6.16. The second-order valence-corrected chi connectivity index (χ2v) is 3.74. The Balaban J connectivity index is 0. The minimum atomic E-state index is 0.281. The first-order valence-electron chi connectivity index (χ1n) is 4.39. The molecule has 0 fully saturated rings. The van der Waals surface area contributed by atoms with Gasteiger partial charge in [-0.1, -0.05) is 26.7 Å². The summed E-state index contributed by atoms with van der Waals surface area (Å²) in [5.41, 5.74) is 0. The lowest BCUT2D eigenvalue weighted by Crippen LogP contribution is -2.36. The van der Waals surface area contributed by atoms with E-state index in [9.17, 15) is 0 Å².